The van der Waals surface area contributed by atoms with Crippen LogP contribution >= 0.6 is 0 Å². The van der Waals surface area contributed by atoms with Crippen LogP contribution in [0, 0.1) is 5.92 Å². The molecule has 1 aromatic carbocycles. The second kappa shape index (κ2) is 7.71. The highest BCUT2D eigenvalue weighted by atomic mass is 16.1. The lowest BCUT2D eigenvalue weighted by molar-refractivity contribution is -0.126. The van der Waals surface area contributed by atoms with Crippen molar-refractivity contribution in [3.63, 3.8) is 0 Å². The third kappa shape index (κ3) is 3.92. The zero-order chi connectivity index (χ0) is 15.9. The lowest BCUT2D eigenvalue weighted by Gasteiger charge is -2.24. The van der Waals surface area contributed by atoms with E-state index in [4.69, 9.17) is 5.73 Å². The molecule has 3 unspecified atom stereocenters. The van der Waals surface area contributed by atoms with Crippen molar-refractivity contribution in [2.45, 2.75) is 32.4 Å². The SMILES string of the molecule is CCC(NC(=O)C(C)C(N)c1ccccc1)c1ccncc1. The highest BCUT2D eigenvalue weighted by molar-refractivity contribution is 5.79. The molecule has 4 nitrogen and oxygen atoms in total. The zero-order valence-electron chi connectivity index (χ0n) is 13.1. The predicted molar refractivity (Wildman–Crippen MR) is 87.9 cm³/mol. The number of amides is 1. The van der Waals surface area contributed by atoms with Gasteiger partial charge >= 0.3 is 0 Å². The highest BCUT2D eigenvalue weighted by Crippen LogP contribution is 2.21. The Morgan fingerprint density at radius 2 is 1.77 bits per heavy atom. The smallest absolute Gasteiger partial charge is 0.225 e. The van der Waals surface area contributed by atoms with Crippen molar-refractivity contribution in [3.8, 4) is 0 Å². The lowest BCUT2D eigenvalue weighted by Crippen LogP contribution is -2.37. The quantitative estimate of drug-likeness (QED) is 0.861. The molecule has 2 aromatic rings. The number of carbonyl (C=O) groups excluding carboxylic acids is 1. The van der Waals surface area contributed by atoms with Crippen LogP contribution in [0.15, 0.2) is 54.9 Å². The monoisotopic (exact) mass is 297 g/mol. The van der Waals surface area contributed by atoms with Gasteiger partial charge in [-0.2, -0.15) is 0 Å². The van der Waals surface area contributed by atoms with Gasteiger partial charge in [-0.15, -0.1) is 0 Å². The van der Waals surface area contributed by atoms with E-state index in [0.29, 0.717) is 0 Å². The summed E-state index contributed by atoms with van der Waals surface area (Å²) in [5.41, 5.74) is 8.26. The molecule has 0 aliphatic rings. The van der Waals surface area contributed by atoms with E-state index in [2.05, 4.69) is 10.3 Å². The van der Waals surface area contributed by atoms with Crippen molar-refractivity contribution >= 4 is 5.91 Å². The van der Waals surface area contributed by atoms with Gasteiger partial charge in [0.2, 0.25) is 5.91 Å². The topological polar surface area (TPSA) is 68.0 Å². The predicted octanol–water partition coefficient (Wildman–Crippen LogP) is 2.99. The second-order valence-corrected chi connectivity index (χ2v) is 5.48. The molecule has 1 heterocycles. The molecule has 0 radical (unpaired) electrons. The number of pyridine rings is 1. The first-order chi connectivity index (χ1) is 10.6. The minimum Gasteiger partial charge on any atom is -0.349 e. The Hall–Kier alpha value is -2.20. The maximum absolute atomic E-state index is 12.5. The minimum absolute atomic E-state index is 0.0130. The number of benzene rings is 1. The molecule has 0 fully saturated rings. The molecule has 0 spiro atoms. The fourth-order valence-electron chi connectivity index (χ4n) is 2.45. The Morgan fingerprint density at radius 3 is 2.36 bits per heavy atom. The van der Waals surface area contributed by atoms with E-state index < -0.39 is 0 Å². The molecule has 1 amide bonds. The summed E-state index contributed by atoms with van der Waals surface area (Å²) < 4.78 is 0. The fraction of sp³-hybridized carbons (Fsp3) is 0.333. The maximum Gasteiger partial charge on any atom is 0.225 e. The molecule has 3 atom stereocenters. The van der Waals surface area contributed by atoms with Crippen molar-refractivity contribution in [1.82, 2.24) is 10.3 Å². The molecule has 0 aliphatic carbocycles. The molecule has 3 N–H and O–H groups in total. The van der Waals surface area contributed by atoms with Crippen LogP contribution in [0.5, 0.6) is 0 Å². The molecule has 4 heteroatoms. The van der Waals surface area contributed by atoms with Crippen molar-refractivity contribution in [3.05, 3.63) is 66.0 Å². The van der Waals surface area contributed by atoms with Crippen molar-refractivity contribution in [2.75, 3.05) is 0 Å². The Balaban J connectivity index is 2.04. The van der Waals surface area contributed by atoms with Crippen LogP contribution in [0.3, 0.4) is 0 Å². The van der Waals surface area contributed by atoms with Crippen molar-refractivity contribution in [1.29, 1.82) is 0 Å². The van der Waals surface area contributed by atoms with E-state index in [1.165, 1.54) is 0 Å². The van der Waals surface area contributed by atoms with Gasteiger partial charge in [-0.3, -0.25) is 9.78 Å². The van der Waals surface area contributed by atoms with Crippen molar-refractivity contribution < 1.29 is 4.79 Å². The Kier molecular flexibility index (Phi) is 5.67. The van der Waals surface area contributed by atoms with Crippen LogP contribution in [0.1, 0.15) is 43.5 Å². The van der Waals surface area contributed by atoms with Crippen LogP contribution in [0.4, 0.5) is 0 Å². The third-order valence-corrected chi connectivity index (χ3v) is 3.97. The largest absolute Gasteiger partial charge is 0.349 e. The number of hydrogen-bond acceptors (Lipinski definition) is 3. The minimum atomic E-state index is -0.309. The van der Waals surface area contributed by atoms with E-state index in [0.717, 1.165) is 17.5 Å². The maximum atomic E-state index is 12.5. The molecule has 0 bridgehead atoms. The van der Waals surface area contributed by atoms with Gasteiger partial charge in [-0.1, -0.05) is 44.2 Å². The molecular weight excluding hydrogens is 274 g/mol. The standard InChI is InChI=1S/C18H23N3O/c1-3-16(14-9-11-20-12-10-14)21-18(22)13(2)17(19)15-7-5-4-6-8-15/h4-13,16-17H,3,19H2,1-2H3,(H,21,22). The van der Waals surface area contributed by atoms with Gasteiger partial charge in [0.1, 0.15) is 0 Å². The van der Waals surface area contributed by atoms with Crippen molar-refractivity contribution in [2.24, 2.45) is 11.7 Å². The highest BCUT2D eigenvalue weighted by Gasteiger charge is 2.24. The number of carbonyl (C=O) groups is 1. The number of rotatable bonds is 6. The zero-order valence-corrected chi connectivity index (χ0v) is 13.1. The average molecular weight is 297 g/mol. The number of aromatic nitrogens is 1. The Bertz CT molecular complexity index is 586. The second-order valence-electron chi connectivity index (χ2n) is 5.48. The van der Waals surface area contributed by atoms with E-state index in [9.17, 15) is 4.79 Å². The summed E-state index contributed by atoms with van der Waals surface area (Å²) in [5, 5.41) is 3.09. The molecule has 22 heavy (non-hydrogen) atoms. The molecule has 1 aromatic heterocycles. The summed E-state index contributed by atoms with van der Waals surface area (Å²) in [6.45, 7) is 3.92. The van der Waals surface area contributed by atoms with Crippen LogP contribution in [0.2, 0.25) is 0 Å². The van der Waals surface area contributed by atoms with Gasteiger partial charge in [0.05, 0.1) is 12.0 Å². The first kappa shape index (κ1) is 16.2. The first-order valence-corrected chi connectivity index (χ1v) is 7.64. The van der Waals surface area contributed by atoms with Crippen LogP contribution in [0.25, 0.3) is 0 Å². The normalized spacial score (nSPS) is 14.9. The summed E-state index contributed by atoms with van der Waals surface area (Å²) in [6, 6.07) is 13.3. The van der Waals surface area contributed by atoms with Crippen LogP contribution in [-0.2, 0) is 4.79 Å². The van der Waals surface area contributed by atoms with E-state index in [1.807, 2.05) is 56.3 Å². The summed E-state index contributed by atoms with van der Waals surface area (Å²) in [4.78, 5) is 16.5. The summed E-state index contributed by atoms with van der Waals surface area (Å²) in [7, 11) is 0. The van der Waals surface area contributed by atoms with Gasteiger partial charge < -0.3 is 11.1 Å². The lowest BCUT2D eigenvalue weighted by atomic mass is 9.94. The summed E-state index contributed by atoms with van der Waals surface area (Å²) in [6.07, 6.45) is 4.30. The molecule has 2 rings (SSSR count). The van der Waals surface area contributed by atoms with E-state index in [1.54, 1.807) is 12.4 Å². The van der Waals surface area contributed by atoms with Gasteiger partial charge in [0.15, 0.2) is 0 Å². The van der Waals surface area contributed by atoms with Gasteiger partial charge in [0, 0.05) is 18.4 Å². The third-order valence-electron chi connectivity index (χ3n) is 3.97. The number of hydrogen-bond donors (Lipinski definition) is 2. The summed E-state index contributed by atoms with van der Waals surface area (Å²) in [5.74, 6) is -0.321. The van der Waals surface area contributed by atoms with Gasteiger partial charge in [0.25, 0.3) is 0 Å². The number of nitrogens with one attached hydrogen (secondary N) is 1. The molecule has 0 aliphatic heterocycles. The Labute approximate surface area is 131 Å². The number of nitrogens with zero attached hydrogens (tertiary/aromatic N) is 1. The van der Waals surface area contributed by atoms with E-state index >= 15 is 0 Å². The fourth-order valence-corrected chi connectivity index (χ4v) is 2.45. The van der Waals surface area contributed by atoms with Gasteiger partial charge in [-0.25, -0.2) is 0 Å². The number of nitrogens with two attached hydrogens (primary N) is 1. The molecule has 116 valence electrons. The molecular formula is C18H23N3O. The average Bonchev–Trinajstić information content (AvgIpc) is 2.59. The summed E-state index contributed by atoms with van der Waals surface area (Å²) >= 11 is 0. The van der Waals surface area contributed by atoms with Crippen LogP contribution < -0.4 is 11.1 Å². The van der Waals surface area contributed by atoms with Gasteiger partial charge in [-0.05, 0) is 29.7 Å². The molecule has 0 saturated heterocycles. The molecule has 0 saturated carbocycles. The Morgan fingerprint density at radius 1 is 1.14 bits per heavy atom. The first-order valence-electron chi connectivity index (χ1n) is 7.64. The van der Waals surface area contributed by atoms with Crippen LogP contribution in [-0.4, -0.2) is 10.9 Å². The van der Waals surface area contributed by atoms with E-state index in [-0.39, 0.29) is 23.9 Å².